The summed E-state index contributed by atoms with van der Waals surface area (Å²) < 4.78 is 16.5. The Hall–Kier alpha value is -3.97. The van der Waals surface area contributed by atoms with Crippen LogP contribution in [0.5, 0.6) is 5.75 Å². The number of allylic oxidation sites excluding steroid dienone is 4. The molecule has 2 aromatic rings. The Bertz CT molecular complexity index is 1230. The number of phenols is 1. The van der Waals surface area contributed by atoms with Gasteiger partial charge in [0.25, 0.3) is 5.91 Å². The molecule has 1 aromatic carbocycles. The third-order valence-electron chi connectivity index (χ3n) is 6.72. The predicted molar refractivity (Wildman–Crippen MR) is 128 cm³/mol. The summed E-state index contributed by atoms with van der Waals surface area (Å²) in [5.74, 6) is -1.02. The fraction of sp³-hybridized carbons (Fsp3) is 0.360. The number of benzene rings is 1. The van der Waals surface area contributed by atoms with E-state index in [1.807, 2.05) is 18.2 Å². The lowest BCUT2D eigenvalue weighted by Crippen LogP contribution is -2.46. The van der Waals surface area contributed by atoms with E-state index in [0.717, 1.165) is 18.4 Å². The van der Waals surface area contributed by atoms with Gasteiger partial charge in [-0.25, -0.2) is 4.39 Å². The zero-order valence-electron chi connectivity index (χ0n) is 19.2. The largest absolute Gasteiger partial charge is 0.507 e. The fourth-order valence-corrected chi connectivity index (χ4v) is 4.73. The van der Waals surface area contributed by atoms with Crippen LogP contribution < -0.4 is 11.1 Å². The molecule has 2 amide bonds. The minimum atomic E-state index is -0.733. The average molecular weight is 479 g/mol. The van der Waals surface area contributed by atoms with Crippen LogP contribution in [-0.2, 0) is 16.9 Å². The van der Waals surface area contributed by atoms with Crippen molar-refractivity contribution in [2.45, 2.75) is 44.2 Å². The Morgan fingerprint density at radius 1 is 1.34 bits per heavy atom. The molecule has 1 aliphatic carbocycles. The van der Waals surface area contributed by atoms with E-state index in [9.17, 15) is 24.3 Å². The zero-order chi connectivity index (χ0) is 25.0. The first-order chi connectivity index (χ1) is 16.9. The van der Waals surface area contributed by atoms with Gasteiger partial charge in [0, 0.05) is 37.0 Å². The second kappa shape index (κ2) is 10.1. The average Bonchev–Trinajstić information content (AvgIpc) is 3.28. The van der Waals surface area contributed by atoms with Crippen LogP contribution in [0.2, 0.25) is 0 Å². The van der Waals surface area contributed by atoms with Gasteiger partial charge in [-0.3, -0.25) is 19.2 Å². The number of primary amides is 1. The standard InChI is InChI=1S/C25H27FN6O3/c26-21-13-19(17-4-2-1-3-5-17)22(34)12-18(21)14-31-10-7-25(6-9-27,8-11-31)32-15-20(23(28)35)24(30-32)29-16-33/h2,4-5,12-13,15-16,34H,1,3,6-8,10-11,14H2,(H2,28,35)(H,29,30,33). The predicted octanol–water partition coefficient (Wildman–Crippen LogP) is 3.03. The lowest BCUT2D eigenvalue weighted by atomic mass is 9.84. The van der Waals surface area contributed by atoms with Crippen molar-refractivity contribution in [3.63, 3.8) is 0 Å². The van der Waals surface area contributed by atoms with Gasteiger partial charge in [-0.2, -0.15) is 10.4 Å². The Morgan fingerprint density at radius 2 is 2.11 bits per heavy atom. The van der Waals surface area contributed by atoms with Crippen molar-refractivity contribution < 1.29 is 19.1 Å². The van der Waals surface area contributed by atoms with Crippen molar-refractivity contribution >= 4 is 23.7 Å². The number of likely N-dealkylation sites (tertiary alicyclic amines) is 1. The number of carbonyl (C=O) groups excluding carboxylic acids is 2. The summed E-state index contributed by atoms with van der Waals surface area (Å²) in [6.07, 6.45) is 10.7. The minimum absolute atomic E-state index is 0.0424. The number of nitrogens with zero attached hydrogens (tertiary/aromatic N) is 4. The molecule has 9 nitrogen and oxygen atoms in total. The summed E-state index contributed by atoms with van der Waals surface area (Å²) >= 11 is 0. The third kappa shape index (κ3) is 4.95. The number of rotatable bonds is 8. The van der Waals surface area contributed by atoms with Gasteiger partial charge < -0.3 is 16.2 Å². The summed E-state index contributed by atoms with van der Waals surface area (Å²) in [5, 5.41) is 26.7. The van der Waals surface area contributed by atoms with E-state index in [4.69, 9.17) is 5.73 Å². The molecule has 4 rings (SSSR count). The number of phenolic OH excluding ortho intramolecular Hbond substituents is 1. The number of aromatic nitrogens is 2. The SMILES string of the molecule is N#CCC1(n2cc(C(N)=O)c(NC=O)n2)CCN(Cc2cc(O)c(C3=CCCC=C3)cc2F)CC1. The first kappa shape index (κ1) is 24.2. The highest BCUT2D eigenvalue weighted by Crippen LogP contribution is 2.36. The van der Waals surface area contributed by atoms with E-state index in [2.05, 4.69) is 21.4 Å². The number of piperidine rings is 1. The molecular weight excluding hydrogens is 451 g/mol. The molecule has 4 N–H and O–H groups in total. The van der Waals surface area contributed by atoms with Crippen LogP contribution in [0, 0.1) is 17.1 Å². The van der Waals surface area contributed by atoms with Crippen LogP contribution in [0.1, 0.15) is 53.6 Å². The van der Waals surface area contributed by atoms with Gasteiger partial charge in [-0.05, 0) is 43.4 Å². The molecule has 0 saturated carbocycles. The molecule has 182 valence electrons. The quantitative estimate of drug-likeness (QED) is 0.499. The highest BCUT2D eigenvalue weighted by atomic mass is 19.1. The lowest BCUT2D eigenvalue weighted by Gasteiger charge is -2.40. The summed E-state index contributed by atoms with van der Waals surface area (Å²) in [6, 6.07) is 5.06. The van der Waals surface area contributed by atoms with Gasteiger partial charge in [0.15, 0.2) is 5.82 Å². The van der Waals surface area contributed by atoms with E-state index in [1.54, 1.807) is 4.68 Å². The molecule has 35 heavy (non-hydrogen) atoms. The number of hydrogen-bond donors (Lipinski definition) is 3. The maximum Gasteiger partial charge on any atom is 0.254 e. The van der Waals surface area contributed by atoms with E-state index < -0.39 is 11.4 Å². The van der Waals surface area contributed by atoms with E-state index in [0.29, 0.717) is 50.0 Å². The van der Waals surface area contributed by atoms with Gasteiger partial charge >= 0.3 is 0 Å². The van der Waals surface area contributed by atoms with Crippen molar-refractivity contribution in [1.82, 2.24) is 14.7 Å². The maximum absolute atomic E-state index is 14.9. The van der Waals surface area contributed by atoms with Gasteiger partial charge in [0.05, 0.1) is 18.0 Å². The number of nitrogens with one attached hydrogen (secondary N) is 1. The molecule has 0 atom stereocenters. The first-order valence-corrected chi connectivity index (χ1v) is 11.4. The summed E-state index contributed by atoms with van der Waals surface area (Å²) in [7, 11) is 0. The van der Waals surface area contributed by atoms with Crippen LogP contribution in [-0.4, -0.2) is 45.2 Å². The molecule has 0 radical (unpaired) electrons. The third-order valence-corrected chi connectivity index (χ3v) is 6.72. The monoisotopic (exact) mass is 478 g/mol. The molecule has 0 spiro atoms. The van der Waals surface area contributed by atoms with Crippen molar-refractivity contribution in [2.24, 2.45) is 5.73 Å². The Labute approximate surface area is 202 Å². The molecule has 1 aromatic heterocycles. The van der Waals surface area contributed by atoms with Crippen LogP contribution in [0.15, 0.2) is 36.6 Å². The Balaban J connectivity index is 1.51. The topological polar surface area (TPSA) is 137 Å². The summed E-state index contributed by atoms with van der Waals surface area (Å²) in [4.78, 5) is 24.7. The van der Waals surface area contributed by atoms with Gasteiger partial charge in [-0.1, -0.05) is 18.2 Å². The minimum Gasteiger partial charge on any atom is -0.507 e. The number of amides is 2. The zero-order valence-corrected chi connectivity index (χ0v) is 19.2. The second-order valence-electron chi connectivity index (χ2n) is 8.90. The van der Waals surface area contributed by atoms with Crippen molar-refractivity contribution in [3.05, 3.63) is 59.1 Å². The molecular formula is C25H27FN6O3. The Morgan fingerprint density at radius 3 is 2.74 bits per heavy atom. The molecule has 2 heterocycles. The number of halogens is 1. The van der Waals surface area contributed by atoms with E-state index >= 15 is 0 Å². The molecule has 2 aliphatic rings. The normalized spacial score (nSPS) is 17.4. The summed E-state index contributed by atoms with van der Waals surface area (Å²) in [5.41, 5.74) is 6.48. The molecule has 1 saturated heterocycles. The second-order valence-corrected chi connectivity index (χ2v) is 8.90. The van der Waals surface area contributed by atoms with E-state index in [-0.39, 0.29) is 29.4 Å². The van der Waals surface area contributed by atoms with Crippen LogP contribution >= 0.6 is 0 Å². The smallest absolute Gasteiger partial charge is 0.254 e. The first-order valence-electron chi connectivity index (χ1n) is 11.4. The fourth-order valence-electron chi connectivity index (χ4n) is 4.73. The molecule has 0 unspecified atom stereocenters. The molecule has 1 fully saturated rings. The van der Waals surface area contributed by atoms with Crippen molar-refractivity contribution in [1.29, 1.82) is 5.26 Å². The van der Waals surface area contributed by atoms with Crippen LogP contribution in [0.3, 0.4) is 0 Å². The maximum atomic E-state index is 14.9. The van der Waals surface area contributed by atoms with Crippen LogP contribution in [0.25, 0.3) is 5.57 Å². The number of nitrogens with two attached hydrogens (primary N) is 1. The highest BCUT2D eigenvalue weighted by Gasteiger charge is 2.38. The van der Waals surface area contributed by atoms with Crippen molar-refractivity contribution in [2.75, 3.05) is 18.4 Å². The number of anilines is 1. The molecule has 10 heteroatoms. The number of carbonyl (C=O) groups is 2. The number of nitriles is 1. The summed E-state index contributed by atoms with van der Waals surface area (Å²) in [6.45, 7) is 1.39. The number of hydrogen-bond acceptors (Lipinski definition) is 6. The lowest BCUT2D eigenvalue weighted by molar-refractivity contribution is -0.105. The van der Waals surface area contributed by atoms with Crippen molar-refractivity contribution in [3.8, 4) is 11.8 Å². The highest BCUT2D eigenvalue weighted by molar-refractivity contribution is 5.99. The van der Waals surface area contributed by atoms with E-state index in [1.165, 1.54) is 18.3 Å². The van der Waals surface area contributed by atoms with Gasteiger partial charge in [0.2, 0.25) is 6.41 Å². The van der Waals surface area contributed by atoms with Gasteiger partial charge in [-0.15, -0.1) is 0 Å². The molecule has 0 bridgehead atoms. The van der Waals surface area contributed by atoms with Crippen LogP contribution in [0.4, 0.5) is 10.2 Å². The Kier molecular flexibility index (Phi) is 6.98. The molecule has 1 aliphatic heterocycles. The number of aromatic hydroxyl groups is 1. The van der Waals surface area contributed by atoms with Gasteiger partial charge in [0.1, 0.15) is 17.1 Å².